The molecule has 122 valence electrons. The molecule has 6 nitrogen and oxygen atoms in total. The van der Waals surface area contributed by atoms with E-state index in [1.165, 1.54) is 6.92 Å². The van der Waals surface area contributed by atoms with Crippen LogP contribution in [0.1, 0.15) is 27.7 Å². The molecule has 0 fully saturated rings. The van der Waals surface area contributed by atoms with Crippen LogP contribution in [0.3, 0.4) is 0 Å². The van der Waals surface area contributed by atoms with Crippen LogP contribution in [0.2, 0.25) is 0 Å². The molecule has 22 heavy (non-hydrogen) atoms. The monoisotopic (exact) mass is 373 g/mol. The van der Waals surface area contributed by atoms with Crippen LogP contribution in [0.5, 0.6) is 5.75 Å². The first kappa shape index (κ1) is 18.4. The average Bonchev–Trinajstić information content (AvgIpc) is 2.36. The lowest BCUT2D eigenvalue weighted by Crippen LogP contribution is -2.50. The third-order valence-electron chi connectivity index (χ3n) is 2.44. The van der Waals surface area contributed by atoms with Crippen LogP contribution in [-0.4, -0.2) is 34.9 Å². The first-order chi connectivity index (χ1) is 10.1. The van der Waals surface area contributed by atoms with E-state index in [0.29, 0.717) is 5.75 Å². The quantitative estimate of drug-likeness (QED) is 0.625. The molecule has 0 radical (unpaired) electrons. The zero-order valence-corrected chi connectivity index (χ0v) is 14.5. The van der Waals surface area contributed by atoms with Crippen LogP contribution >= 0.6 is 15.9 Å². The van der Waals surface area contributed by atoms with Gasteiger partial charge in [-0.05, 0) is 52.0 Å². The van der Waals surface area contributed by atoms with Gasteiger partial charge in [0.1, 0.15) is 11.4 Å². The molecule has 1 aromatic carbocycles. The summed E-state index contributed by atoms with van der Waals surface area (Å²) in [6.07, 6.45) is -1.93. The molecule has 0 aliphatic rings. The molecule has 0 saturated heterocycles. The van der Waals surface area contributed by atoms with Gasteiger partial charge in [0.05, 0.1) is 6.10 Å². The van der Waals surface area contributed by atoms with E-state index >= 15 is 0 Å². The number of benzene rings is 1. The minimum absolute atomic E-state index is 0.310. The van der Waals surface area contributed by atoms with E-state index in [1.54, 1.807) is 45.0 Å². The van der Waals surface area contributed by atoms with E-state index in [9.17, 15) is 14.7 Å². The van der Waals surface area contributed by atoms with Gasteiger partial charge < -0.3 is 19.9 Å². The third-order valence-corrected chi connectivity index (χ3v) is 2.97. The van der Waals surface area contributed by atoms with Crippen molar-refractivity contribution in [1.29, 1.82) is 0 Å². The zero-order chi connectivity index (χ0) is 16.9. The second kappa shape index (κ2) is 7.60. The predicted molar refractivity (Wildman–Crippen MR) is 84.6 cm³/mol. The van der Waals surface area contributed by atoms with Crippen LogP contribution < -0.4 is 10.1 Å². The number of nitrogens with one attached hydrogen (secondary N) is 1. The van der Waals surface area contributed by atoms with Gasteiger partial charge in [0.25, 0.3) is 0 Å². The Morgan fingerprint density at radius 2 is 1.77 bits per heavy atom. The molecule has 0 unspecified atom stereocenters. The number of carbonyl (C=O) groups excluding carboxylic acids is 2. The zero-order valence-electron chi connectivity index (χ0n) is 12.9. The van der Waals surface area contributed by atoms with Crippen LogP contribution in [0.15, 0.2) is 28.7 Å². The minimum Gasteiger partial charge on any atom is -0.444 e. The molecule has 1 rings (SSSR count). The second-order valence-corrected chi connectivity index (χ2v) is 6.66. The van der Waals surface area contributed by atoms with Gasteiger partial charge in [-0.15, -0.1) is 0 Å². The number of hydrogen-bond donors (Lipinski definition) is 2. The SMILES string of the molecule is C[C@@H](O)[C@H](NC(=O)OC(C)(C)C)C(=O)Oc1ccc(Br)cc1. The Labute approximate surface area is 137 Å². The summed E-state index contributed by atoms with van der Waals surface area (Å²) in [5.74, 6) is -0.465. The standard InChI is InChI=1S/C15H20BrNO5/c1-9(18)12(17-14(20)22-15(2,3)4)13(19)21-11-7-5-10(16)6-8-11/h5-9,12,18H,1-4H3,(H,17,20)/t9-,12+/m1/s1. The highest BCUT2D eigenvalue weighted by Crippen LogP contribution is 2.17. The highest BCUT2D eigenvalue weighted by atomic mass is 79.9. The molecule has 2 atom stereocenters. The predicted octanol–water partition coefficient (Wildman–Crippen LogP) is 2.63. The lowest BCUT2D eigenvalue weighted by Gasteiger charge is -2.24. The van der Waals surface area contributed by atoms with Gasteiger partial charge in [0.2, 0.25) is 0 Å². The average molecular weight is 374 g/mol. The van der Waals surface area contributed by atoms with E-state index in [1.807, 2.05) is 0 Å². The van der Waals surface area contributed by atoms with Crippen LogP contribution in [0.4, 0.5) is 4.79 Å². The summed E-state index contributed by atoms with van der Waals surface area (Å²) in [6.45, 7) is 6.48. The van der Waals surface area contributed by atoms with Gasteiger partial charge in [0.15, 0.2) is 6.04 Å². The van der Waals surface area contributed by atoms with Crippen molar-refractivity contribution in [2.75, 3.05) is 0 Å². The summed E-state index contributed by atoms with van der Waals surface area (Å²) < 4.78 is 11.0. The Balaban J connectivity index is 2.71. The van der Waals surface area contributed by atoms with Crippen molar-refractivity contribution in [2.45, 2.75) is 45.4 Å². The van der Waals surface area contributed by atoms with Crippen LogP contribution in [0, 0.1) is 0 Å². The fourth-order valence-electron chi connectivity index (χ4n) is 1.49. The number of aliphatic hydroxyl groups is 1. The largest absolute Gasteiger partial charge is 0.444 e. The van der Waals surface area contributed by atoms with Gasteiger partial charge in [-0.3, -0.25) is 0 Å². The van der Waals surface area contributed by atoms with Gasteiger partial charge in [-0.1, -0.05) is 15.9 Å². The fourth-order valence-corrected chi connectivity index (χ4v) is 1.76. The number of halogens is 1. The molecular weight excluding hydrogens is 354 g/mol. The summed E-state index contributed by atoms with van der Waals surface area (Å²) in [7, 11) is 0. The van der Waals surface area contributed by atoms with E-state index in [2.05, 4.69) is 21.2 Å². The number of hydrogen-bond acceptors (Lipinski definition) is 5. The normalized spacial score (nSPS) is 13.9. The molecular formula is C15H20BrNO5. The van der Waals surface area contributed by atoms with Crippen molar-refractivity contribution in [1.82, 2.24) is 5.32 Å². The van der Waals surface area contributed by atoms with Crippen molar-refractivity contribution in [3.8, 4) is 5.75 Å². The smallest absolute Gasteiger partial charge is 0.408 e. The molecule has 1 amide bonds. The summed E-state index contributed by atoms with van der Waals surface area (Å²) in [6, 6.07) is 5.38. The Bertz CT molecular complexity index is 522. The molecule has 0 spiro atoms. The number of aliphatic hydroxyl groups excluding tert-OH is 1. The Hall–Kier alpha value is -1.60. The second-order valence-electron chi connectivity index (χ2n) is 5.74. The topological polar surface area (TPSA) is 84.9 Å². The Morgan fingerprint density at radius 3 is 2.23 bits per heavy atom. The van der Waals surface area contributed by atoms with Crippen molar-refractivity contribution in [2.24, 2.45) is 0 Å². The van der Waals surface area contributed by atoms with Crippen LogP contribution in [0.25, 0.3) is 0 Å². The first-order valence-electron chi connectivity index (χ1n) is 6.73. The first-order valence-corrected chi connectivity index (χ1v) is 7.52. The molecule has 0 aromatic heterocycles. The summed E-state index contributed by atoms with van der Waals surface area (Å²) in [4.78, 5) is 23.8. The van der Waals surface area contributed by atoms with E-state index in [4.69, 9.17) is 9.47 Å². The highest BCUT2D eigenvalue weighted by molar-refractivity contribution is 9.10. The maximum absolute atomic E-state index is 12.1. The Kier molecular flexibility index (Phi) is 6.37. The molecule has 0 bridgehead atoms. The van der Waals surface area contributed by atoms with E-state index in [0.717, 1.165) is 4.47 Å². The molecule has 7 heteroatoms. The molecule has 1 aromatic rings. The van der Waals surface area contributed by atoms with Gasteiger partial charge in [0, 0.05) is 4.47 Å². The third kappa shape index (κ3) is 6.44. The highest BCUT2D eigenvalue weighted by Gasteiger charge is 2.29. The van der Waals surface area contributed by atoms with Crippen molar-refractivity contribution < 1.29 is 24.2 Å². The molecule has 2 N–H and O–H groups in total. The number of rotatable bonds is 4. The van der Waals surface area contributed by atoms with Gasteiger partial charge in [-0.2, -0.15) is 0 Å². The van der Waals surface area contributed by atoms with E-state index in [-0.39, 0.29) is 0 Å². The minimum atomic E-state index is -1.22. The van der Waals surface area contributed by atoms with Crippen LogP contribution in [-0.2, 0) is 9.53 Å². The maximum Gasteiger partial charge on any atom is 0.408 e. The molecule has 0 saturated carbocycles. The Morgan fingerprint density at radius 1 is 1.23 bits per heavy atom. The molecule has 0 aliphatic carbocycles. The number of amides is 1. The maximum atomic E-state index is 12.1. The number of alkyl carbamates (subject to hydrolysis) is 1. The van der Waals surface area contributed by atoms with Crippen molar-refractivity contribution in [3.63, 3.8) is 0 Å². The number of carbonyl (C=O) groups is 2. The number of ether oxygens (including phenoxy) is 2. The number of esters is 1. The summed E-state index contributed by atoms with van der Waals surface area (Å²) in [5, 5.41) is 12.0. The summed E-state index contributed by atoms with van der Waals surface area (Å²) >= 11 is 3.27. The lowest BCUT2D eigenvalue weighted by atomic mass is 10.2. The van der Waals surface area contributed by atoms with E-state index < -0.39 is 29.8 Å². The van der Waals surface area contributed by atoms with Gasteiger partial charge >= 0.3 is 12.1 Å². The fraction of sp³-hybridized carbons (Fsp3) is 0.467. The van der Waals surface area contributed by atoms with Gasteiger partial charge in [-0.25, -0.2) is 9.59 Å². The lowest BCUT2D eigenvalue weighted by molar-refractivity contribution is -0.139. The molecule has 0 heterocycles. The molecule has 0 aliphatic heterocycles. The van der Waals surface area contributed by atoms with Crippen molar-refractivity contribution >= 4 is 28.0 Å². The van der Waals surface area contributed by atoms with Crippen molar-refractivity contribution in [3.05, 3.63) is 28.7 Å². The summed E-state index contributed by atoms with van der Waals surface area (Å²) in [5.41, 5.74) is -0.705.